The first-order valence-corrected chi connectivity index (χ1v) is 6.14. The average molecular weight is 273 g/mol. The van der Waals surface area contributed by atoms with Crippen LogP contribution in [0.1, 0.15) is 0 Å². The summed E-state index contributed by atoms with van der Waals surface area (Å²) in [5.41, 5.74) is 0.930. The highest BCUT2D eigenvalue weighted by Crippen LogP contribution is 2.28. The molecule has 1 amide bonds. The van der Waals surface area contributed by atoms with Crippen LogP contribution in [0.4, 0.5) is 15.8 Å². The zero-order valence-electron chi connectivity index (χ0n) is 10.5. The molecular formula is C14H12FN3O2. The van der Waals surface area contributed by atoms with Gasteiger partial charge in [-0.15, -0.1) is 0 Å². The Hall–Kier alpha value is -2.63. The Morgan fingerprint density at radius 3 is 3.10 bits per heavy atom. The van der Waals surface area contributed by atoms with Crippen molar-refractivity contribution in [3.05, 3.63) is 48.5 Å². The first-order valence-electron chi connectivity index (χ1n) is 6.14. The average Bonchev–Trinajstić information content (AvgIpc) is 2.49. The molecule has 1 unspecified atom stereocenters. The quantitative estimate of drug-likeness (QED) is 0.879. The third kappa shape index (κ3) is 2.40. The molecule has 0 saturated heterocycles. The zero-order valence-corrected chi connectivity index (χ0v) is 10.5. The molecule has 1 atom stereocenters. The van der Waals surface area contributed by atoms with Crippen molar-refractivity contribution in [2.45, 2.75) is 6.10 Å². The van der Waals surface area contributed by atoms with Crippen LogP contribution in [0.25, 0.3) is 0 Å². The molecule has 6 heteroatoms. The third-order valence-electron chi connectivity index (χ3n) is 2.96. The van der Waals surface area contributed by atoms with Crippen molar-refractivity contribution in [2.75, 3.05) is 17.2 Å². The predicted molar refractivity (Wildman–Crippen MR) is 72.2 cm³/mol. The van der Waals surface area contributed by atoms with Gasteiger partial charge in [0.15, 0.2) is 11.9 Å². The minimum atomic E-state index is -0.711. The van der Waals surface area contributed by atoms with Gasteiger partial charge in [0.25, 0.3) is 5.91 Å². The standard InChI is InChI=1S/C14H12FN3O2/c15-9-7-16-6-5-10(9)18-14(19)13-8-17-11-3-1-2-4-12(11)20-13/h1-7,13,17H,8H2,(H,16,18,19). The summed E-state index contributed by atoms with van der Waals surface area (Å²) in [6.07, 6.45) is 1.75. The number of para-hydroxylation sites is 2. The van der Waals surface area contributed by atoms with Gasteiger partial charge in [0.2, 0.25) is 0 Å². The van der Waals surface area contributed by atoms with Crippen molar-refractivity contribution in [3.8, 4) is 5.75 Å². The lowest BCUT2D eigenvalue weighted by Gasteiger charge is -2.26. The molecule has 3 rings (SSSR count). The highest BCUT2D eigenvalue weighted by Gasteiger charge is 2.26. The number of amides is 1. The summed E-state index contributed by atoms with van der Waals surface area (Å²) in [5, 5.41) is 5.59. The number of nitrogens with one attached hydrogen (secondary N) is 2. The second kappa shape index (κ2) is 5.16. The fourth-order valence-electron chi connectivity index (χ4n) is 1.95. The molecule has 20 heavy (non-hydrogen) atoms. The number of rotatable bonds is 2. The number of benzene rings is 1. The molecule has 5 nitrogen and oxygen atoms in total. The number of hydrogen-bond acceptors (Lipinski definition) is 4. The van der Waals surface area contributed by atoms with E-state index in [1.165, 1.54) is 12.3 Å². The van der Waals surface area contributed by atoms with Crippen LogP contribution in [0.2, 0.25) is 0 Å². The highest BCUT2D eigenvalue weighted by molar-refractivity contribution is 5.95. The summed E-state index contributed by atoms with van der Waals surface area (Å²) >= 11 is 0. The molecule has 0 aliphatic carbocycles. The number of carbonyl (C=O) groups excluding carboxylic acids is 1. The Labute approximate surface area is 114 Å². The molecule has 2 heterocycles. The molecule has 1 aliphatic rings. The van der Waals surface area contributed by atoms with Crippen molar-refractivity contribution in [1.82, 2.24) is 4.98 Å². The largest absolute Gasteiger partial charge is 0.477 e. The van der Waals surface area contributed by atoms with Crippen molar-refractivity contribution < 1.29 is 13.9 Å². The molecule has 0 bridgehead atoms. The van der Waals surface area contributed by atoms with Gasteiger partial charge in [0.05, 0.1) is 24.1 Å². The summed E-state index contributed by atoms with van der Waals surface area (Å²) in [6.45, 7) is 0.329. The number of halogens is 1. The second-order valence-corrected chi connectivity index (χ2v) is 4.33. The topological polar surface area (TPSA) is 63.2 Å². The predicted octanol–water partition coefficient (Wildman–Crippen LogP) is 2.03. The monoisotopic (exact) mass is 273 g/mol. The van der Waals surface area contributed by atoms with Crippen molar-refractivity contribution in [2.24, 2.45) is 0 Å². The summed E-state index contributed by atoms with van der Waals surface area (Å²) in [4.78, 5) is 15.7. The maximum atomic E-state index is 13.4. The van der Waals surface area contributed by atoms with E-state index in [1.807, 2.05) is 18.2 Å². The Morgan fingerprint density at radius 1 is 1.40 bits per heavy atom. The molecule has 1 aromatic heterocycles. The van der Waals surface area contributed by atoms with Crippen molar-refractivity contribution >= 4 is 17.3 Å². The molecule has 0 fully saturated rings. The number of carbonyl (C=O) groups is 1. The van der Waals surface area contributed by atoms with Crippen LogP contribution in [0.15, 0.2) is 42.7 Å². The lowest BCUT2D eigenvalue weighted by atomic mass is 10.2. The molecular weight excluding hydrogens is 261 g/mol. The number of hydrogen-bond donors (Lipinski definition) is 2. The Morgan fingerprint density at radius 2 is 2.25 bits per heavy atom. The van der Waals surface area contributed by atoms with E-state index in [2.05, 4.69) is 15.6 Å². The Kier molecular flexibility index (Phi) is 3.20. The molecule has 1 aromatic carbocycles. The van der Waals surface area contributed by atoms with Gasteiger partial charge in [-0.25, -0.2) is 4.39 Å². The van der Waals surface area contributed by atoms with Crippen LogP contribution in [-0.4, -0.2) is 23.5 Å². The molecule has 2 aromatic rings. The van der Waals surface area contributed by atoms with Gasteiger partial charge in [0.1, 0.15) is 5.75 Å². The number of nitrogens with zero attached hydrogens (tertiary/aromatic N) is 1. The Balaban J connectivity index is 1.72. The van der Waals surface area contributed by atoms with Gasteiger partial charge < -0.3 is 15.4 Å². The zero-order chi connectivity index (χ0) is 13.9. The van der Waals surface area contributed by atoms with Crippen LogP contribution in [0.5, 0.6) is 5.75 Å². The molecule has 102 valence electrons. The van der Waals surface area contributed by atoms with Crippen LogP contribution >= 0.6 is 0 Å². The van der Waals surface area contributed by atoms with Gasteiger partial charge >= 0.3 is 0 Å². The maximum absolute atomic E-state index is 13.4. The lowest BCUT2D eigenvalue weighted by molar-refractivity contribution is -0.122. The van der Waals surface area contributed by atoms with E-state index in [1.54, 1.807) is 6.07 Å². The molecule has 0 saturated carbocycles. The Bertz CT molecular complexity index is 648. The van der Waals surface area contributed by atoms with E-state index in [0.717, 1.165) is 11.9 Å². The van der Waals surface area contributed by atoms with Crippen LogP contribution in [0.3, 0.4) is 0 Å². The van der Waals surface area contributed by atoms with Crippen LogP contribution in [-0.2, 0) is 4.79 Å². The number of pyridine rings is 1. The van der Waals surface area contributed by atoms with Crippen molar-refractivity contribution in [3.63, 3.8) is 0 Å². The third-order valence-corrected chi connectivity index (χ3v) is 2.96. The van der Waals surface area contributed by atoms with E-state index in [9.17, 15) is 9.18 Å². The fourth-order valence-corrected chi connectivity index (χ4v) is 1.95. The molecule has 0 spiro atoms. The van der Waals surface area contributed by atoms with Gasteiger partial charge in [-0.3, -0.25) is 9.78 Å². The summed E-state index contributed by atoms with van der Waals surface area (Å²) in [7, 11) is 0. The lowest BCUT2D eigenvalue weighted by Crippen LogP contribution is -2.41. The van der Waals surface area contributed by atoms with E-state index >= 15 is 0 Å². The maximum Gasteiger partial charge on any atom is 0.267 e. The van der Waals surface area contributed by atoms with E-state index in [0.29, 0.717) is 12.3 Å². The second-order valence-electron chi connectivity index (χ2n) is 4.33. The summed E-state index contributed by atoms with van der Waals surface area (Å²) in [5.74, 6) is -0.378. The molecule has 0 radical (unpaired) electrons. The first-order chi connectivity index (χ1) is 9.74. The van der Waals surface area contributed by atoms with Gasteiger partial charge in [-0.05, 0) is 18.2 Å². The minimum Gasteiger partial charge on any atom is -0.477 e. The first kappa shape index (κ1) is 12.4. The van der Waals surface area contributed by atoms with E-state index in [4.69, 9.17) is 4.74 Å². The number of fused-ring (bicyclic) bond motifs is 1. The fraction of sp³-hybridized carbons (Fsp3) is 0.143. The SMILES string of the molecule is O=C(Nc1ccncc1F)C1CNc2ccccc2O1. The van der Waals surface area contributed by atoms with Gasteiger partial charge in [-0.2, -0.15) is 0 Å². The number of ether oxygens (including phenoxy) is 1. The smallest absolute Gasteiger partial charge is 0.267 e. The molecule has 2 N–H and O–H groups in total. The minimum absolute atomic E-state index is 0.0902. The van der Waals surface area contributed by atoms with Crippen LogP contribution < -0.4 is 15.4 Å². The van der Waals surface area contributed by atoms with E-state index in [-0.39, 0.29) is 5.69 Å². The van der Waals surface area contributed by atoms with E-state index < -0.39 is 17.8 Å². The van der Waals surface area contributed by atoms with Gasteiger partial charge in [-0.1, -0.05) is 12.1 Å². The van der Waals surface area contributed by atoms with Gasteiger partial charge in [0, 0.05) is 6.20 Å². The van der Waals surface area contributed by atoms with Crippen molar-refractivity contribution in [1.29, 1.82) is 0 Å². The van der Waals surface area contributed by atoms with Crippen LogP contribution in [0, 0.1) is 5.82 Å². The highest BCUT2D eigenvalue weighted by atomic mass is 19.1. The summed E-state index contributed by atoms with van der Waals surface area (Å²) < 4.78 is 19.0. The molecule has 1 aliphatic heterocycles. The number of anilines is 2. The summed E-state index contributed by atoms with van der Waals surface area (Å²) in [6, 6.07) is 8.74. The number of aromatic nitrogens is 1. The normalized spacial score (nSPS) is 16.6.